The molecule has 2 unspecified atom stereocenters. The minimum absolute atomic E-state index is 0. The van der Waals surface area contributed by atoms with Crippen LogP contribution in [0.1, 0.15) is 18.5 Å². The first-order chi connectivity index (χ1) is 7.04. The molecule has 0 saturated carbocycles. The lowest BCUT2D eigenvalue weighted by molar-refractivity contribution is -0.113. The quantitative estimate of drug-likeness (QED) is 0.813. The van der Waals surface area contributed by atoms with Crippen molar-refractivity contribution in [1.82, 2.24) is 4.98 Å². The third kappa shape index (κ3) is 2.38. The van der Waals surface area contributed by atoms with Gasteiger partial charge in [-0.3, -0.25) is 4.79 Å². The number of carbonyl (C=O) groups excluding carboxylic acids is 1. The zero-order chi connectivity index (χ0) is 11.1. The molecule has 0 saturated heterocycles. The molecule has 0 fully saturated rings. The van der Waals surface area contributed by atoms with E-state index in [0.29, 0.717) is 0 Å². The molecule has 0 aliphatic carbocycles. The predicted molar refractivity (Wildman–Crippen MR) is 77.4 cm³/mol. The van der Waals surface area contributed by atoms with Crippen LogP contribution in [0.2, 0.25) is 0 Å². The van der Waals surface area contributed by atoms with Crippen LogP contribution < -0.4 is 5.73 Å². The minimum atomic E-state index is -0.999. The lowest BCUT2D eigenvalue weighted by Crippen LogP contribution is -2.45. The van der Waals surface area contributed by atoms with Gasteiger partial charge in [-0.05, 0) is 11.8 Å². The van der Waals surface area contributed by atoms with Crippen LogP contribution in [0.4, 0.5) is 0 Å². The summed E-state index contributed by atoms with van der Waals surface area (Å²) in [5.41, 5.74) is 8.66. The third-order valence-electron chi connectivity index (χ3n) is 2.30. The van der Waals surface area contributed by atoms with E-state index in [1.165, 1.54) is 23.1 Å². The number of allylic oxidation sites excluding steroid dienone is 1. The largest absolute Gasteiger partial charge is 0.309 e. The summed E-state index contributed by atoms with van der Waals surface area (Å²) in [7, 11) is 0. The molecule has 0 amide bonds. The second-order valence-corrected chi connectivity index (χ2v) is 6.02. The fraction of sp³-hybridized carbons (Fsp3) is 0.333. The summed E-state index contributed by atoms with van der Waals surface area (Å²) in [6.07, 6.45) is 1.98. The number of hydrogen-bond acceptors (Lipinski definition) is 5. The molecule has 0 spiro atoms. The van der Waals surface area contributed by atoms with Crippen LogP contribution in [0.5, 0.6) is 0 Å². The summed E-state index contributed by atoms with van der Waals surface area (Å²) in [6.45, 7) is 1.94. The maximum absolute atomic E-state index is 11.5. The van der Waals surface area contributed by atoms with E-state index in [9.17, 15) is 4.79 Å². The molecule has 1 aromatic rings. The van der Waals surface area contributed by atoms with Gasteiger partial charge in [-0.2, -0.15) is 0 Å². The molecule has 7 heteroatoms. The van der Waals surface area contributed by atoms with Gasteiger partial charge in [-0.15, -0.1) is 40.9 Å². The van der Waals surface area contributed by atoms with E-state index in [4.69, 9.17) is 5.73 Å². The number of thiazole rings is 1. The molecule has 0 aromatic carbocycles. The van der Waals surface area contributed by atoms with Gasteiger partial charge in [0.15, 0.2) is 0 Å². The Bertz CT molecular complexity index is 420. The molecule has 2 atom stereocenters. The van der Waals surface area contributed by atoms with E-state index >= 15 is 0 Å². The Kier molecular flexibility index (Phi) is 4.65. The first-order valence-corrected chi connectivity index (χ1v) is 6.52. The van der Waals surface area contributed by atoms with Gasteiger partial charge in [0, 0.05) is 5.38 Å². The first kappa shape index (κ1) is 14.2. The highest BCUT2D eigenvalue weighted by Gasteiger charge is 2.46. The molecule has 2 N–H and O–H groups in total. The fourth-order valence-corrected chi connectivity index (χ4v) is 3.59. The van der Waals surface area contributed by atoms with Crippen LogP contribution in [0, 0.1) is 0 Å². The maximum Gasteiger partial charge on any atom is 0.217 e. The molecule has 2 rings (SSSR count). The van der Waals surface area contributed by atoms with Gasteiger partial charge in [-0.25, -0.2) is 4.98 Å². The molecule has 16 heavy (non-hydrogen) atoms. The number of nitrogens with two attached hydrogens (primary N) is 1. The number of nitrogens with zero attached hydrogens (tertiary/aromatic N) is 1. The highest BCUT2D eigenvalue weighted by Crippen LogP contribution is 2.48. The van der Waals surface area contributed by atoms with Crippen molar-refractivity contribution in [2.75, 3.05) is 0 Å². The number of carbonyl (C=O) groups is 1. The van der Waals surface area contributed by atoms with Crippen LogP contribution in [0.3, 0.4) is 0 Å². The summed E-state index contributed by atoms with van der Waals surface area (Å²) < 4.78 is 0. The second-order valence-electron chi connectivity index (χ2n) is 3.37. The summed E-state index contributed by atoms with van der Waals surface area (Å²) >= 11 is 6.73. The number of halogens is 1. The minimum Gasteiger partial charge on any atom is -0.309 e. The van der Waals surface area contributed by atoms with Crippen molar-refractivity contribution in [3.8, 4) is 0 Å². The van der Waals surface area contributed by atoms with E-state index in [1.807, 2.05) is 18.4 Å². The molecule has 3 nitrogen and oxygen atoms in total. The standard InChI is InChI=1S/C9H10N2OS3.BrH/c1-5-2-6(7-3-14-4-11-7)9(10,15-5)8(12)13;/h2-4,6H,10H2,1H3,(H,12,13);1H. The molecule has 1 aliphatic heterocycles. The van der Waals surface area contributed by atoms with E-state index < -0.39 is 4.87 Å². The highest BCUT2D eigenvalue weighted by molar-refractivity contribution is 8.93. The van der Waals surface area contributed by atoms with Gasteiger partial charge in [0.2, 0.25) is 5.12 Å². The van der Waals surface area contributed by atoms with Crippen molar-refractivity contribution < 1.29 is 4.79 Å². The monoisotopic (exact) mass is 338 g/mol. The number of hydrogen-bond donors (Lipinski definition) is 2. The van der Waals surface area contributed by atoms with Gasteiger partial charge in [-0.1, -0.05) is 17.8 Å². The molecule has 88 valence electrons. The summed E-state index contributed by atoms with van der Waals surface area (Å²) in [6, 6.07) is 0. The first-order valence-electron chi connectivity index (χ1n) is 4.32. The average Bonchev–Trinajstić information content (AvgIpc) is 2.73. The van der Waals surface area contributed by atoms with E-state index in [1.54, 1.807) is 5.51 Å². The van der Waals surface area contributed by atoms with Crippen LogP contribution >= 0.6 is 52.7 Å². The smallest absolute Gasteiger partial charge is 0.217 e. The Labute approximate surface area is 118 Å². The zero-order valence-corrected chi connectivity index (χ0v) is 12.7. The van der Waals surface area contributed by atoms with E-state index in [-0.39, 0.29) is 28.0 Å². The zero-order valence-electron chi connectivity index (χ0n) is 8.41. The van der Waals surface area contributed by atoms with Gasteiger partial charge < -0.3 is 5.73 Å². The lowest BCUT2D eigenvalue weighted by Gasteiger charge is -2.25. The molecular formula is C9H11BrN2OS3. The van der Waals surface area contributed by atoms with Gasteiger partial charge >= 0.3 is 0 Å². The molecular weight excluding hydrogens is 328 g/mol. The summed E-state index contributed by atoms with van der Waals surface area (Å²) in [5.74, 6) is -0.168. The molecule has 2 heterocycles. The van der Waals surface area contributed by atoms with Crippen molar-refractivity contribution in [2.24, 2.45) is 5.73 Å². The molecule has 0 radical (unpaired) electrons. The summed E-state index contributed by atoms with van der Waals surface area (Å²) in [5, 5.41) is 1.61. The highest BCUT2D eigenvalue weighted by atomic mass is 79.9. The molecule has 1 aliphatic rings. The summed E-state index contributed by atoms with van der Waals surface area (Å²) in [4.78, 5) is 15.7. The Morgan fingerprint density at radius 3 is 2.88 bits per heavy atom. The molecule has 1 aromatic heterocycles. The average molecular weight is 339 g/mol. The van der Waals surface area contributed by atoms with Crippen molar-refractivity contribution in [3.05, 3.63) is 27.6 Å². The number of aromatic nitrogens is 1. The number of thiol groups is 1. The Balaban J connectivity index is 0.00000128. The van der Waals surface area contributed by atoms with Crippen LogP contribution in [-0.4, -0.2) is 15.0 Å². The number of thioether (sulfide) groups is 1. The lowest BCUT2D eigenvalue weighted by atomic mass is 9.97. The Morgan fingerprint density at radius 2 is 2.38 bits per heavy atom. The van der Waals surface area contributed by atoms with Crippen LogP contribution in [0.15, 0.2) is 21.9 Å². The third-order valence-corrected chi connectivity index (χ3v) is 4.66. The fourth-order valence-electron chi connectivity index (χ4n) is 1.58. The SMILES string of the molecule is Br.CC1=CC(c2cscn2)C(N)(C(=O)S)S1. The predicted octanol–water partition coefficient (Wildman–Crippen LogP) is 2.57. The topological polar surface area (TPSA) is 56.0 Å². The van der Waals surface area contributed by atoms with Crippen LogP contribution in [0.25, 0.3) is 0 Å². The van der Waals surface area contributed by atoms with Crippen molar-refractivity contribution in [2.45, 2.75) is 17.7 Å². The number of rotatable bonds is 2. The second kappa shape index (κ2) is 5.22. The Morgan fingerprint density at radius 1 is 1.69 bits per heavy atom. The van der Waals surface area contributed by atoms with Crippen LogP contribution in [-0.2, 0) is 4.79 Å². The van der Waals surface area contributed by atoms with Crippen molar-refractivity contribution >= 4 is 57.8 Å². The van der Waals surface area contributed by atoms with Crippen molar-refractivity contribution in [3.63, 3.8) is 0 Å². The van der Waals surface area contributed by atoms with Gasteiger partial charge in [0.25, 0.3) is 0 Å². The maximum atomic E-state index is 11.5. The van der Waals surface area contributed by atoms with E-state index in [0.717, 1.165) is 10.6 Å². The van der Waals surface area contributed by atoms with Crippen molar-refractivity contribution in [1.29, 1.82) is 0 Å². The van der Waals surface area contributed by atoms with E-state index in [2.05, 4.69) is 17.6 Å². The molecule has 0 bridgehead atoms. The Hall–Kier alpha value is 0.180. The van der Waals surface area contributed by atoms with Gasteiger partial charge in [0.1, 0.15) is 4.87 Å². The van der Waals surface area contributed by atoms with Gasteiger partial charge in [0.05, 0.1) is 17.1 Å². The normalized spacial score (nSPS) is 28.4.